The first kappa shape index (κ1) is 22.1. The van der Waals surface area contributed by atoms with E-state index in [0.29, 0.717) is 6.42 Å². The van der Waals surface area contributed by atoms with Gasteiger partial charge in [-0.15, -0.1) is 0 Å². The lowest BCUT2D eigenvalue weighted by atomic mass is 9.75. The van der Waals surface area contributed by atoms with Crippen LogP contribution in [-0.2, 0) is 6.42 Å². The highest BCUT2D eigenvalue weighted by Gasteiger charge is 2.42. The van der Waals surface area contributed by atoms with Crippen LogP contribution in [0.3, 0.4) is 0 Å². The molecule has 0 radical (unpaired) electrons. The summed E-state index contributed by atoms with van der Waals surface area (Å²) < 4.78 is 11.0. The molecule has 2 fully saturated rings. The van der Waals surface area contributed by atoms with E-state index < -0.39 is 5.60 Å². The maximum Gasteiger partial charge on any atom is 0.126 e. The van der Waals surface area contributed by atoms with E-state index in [1.165, 1.54) is 0 Å². The molecular formula is C26H36N2O3. The highest BCUT2D eigenvalue weighted by molar-refractivity contribution is 5.51. The fourth-order valence-corrected chi connectivity index (χ4v) is 5.06. The zero-order valence-corrected chi connectivity index (χ0v) is 18.9. The van der Waals surface area contributed by atoms with E-state index in [-0.39, 0.29) is 5.92 Å². The summed E-state index contributed by atoms with van der Waals surface area (Å²) in [6.07, 6.45) is 8.62. The van der Waals surface area contributed by atoms with Gasteiger partial charge in [0.15, 0.2) is 0 Å². The van der Waals surface area contributed by atoms with Crippen molar-refractivity contribution in [1.82, 2.24) is 9.80 Å². The summed E-state index contributed by atoms with van der Waals surface area (Å²) in [5, 5.41) is 12.4. The van der Waals surface area contributed by atoms with E-state index in [4.69, 9.17) is 9.15 Å². The maximum atomic E-state index is 12.4. The van der Waals surface area contributed by atoms with Crippen molar-refractivity contribution >= 4 is 6.08 Å². The van der Waals surface area contributed by atoms with Crippen molar-refractivity contribution in [2.24, 2.45) is 5.92 Å². The maximum absolute atomic E-state index is 12.4. The monoisotopic (exact) mass is 424 g/mol. The SMILES string of the molecule is COc1ccc(CC2(O)C(=Cc3ccco3)CCCCC2CN2CCN(C)CC2)cc1. The first-order chi connectivity index (χ1) is 15.1. The molecule has 2 atom stereocenters. The molecular weight excluding hydrogens is 388 g/mol. The van der Waals surface area contributed by atoms with Crippen molar-refractivity contribution in [3.63, 3.8) is 0 Å². The molecule has 1 aromatic heterocycles. The van der Waals surface area contributed by atoms with Gasteiger partial charge in [0.25, 0.3) is 0 Å². The molecule has 1 aliphatic heterocycles. The first-order valence-corrected chi connectivity index (χ1v) is 11.6. The van der Waals surface area contributed by atoms with Gasteiger partial charge in [-0.2, -0.15) is 0 Å². The number of ether oxygens (including phenoxy) is 1. The predicted molar refractivity (Wildman–Crippen MR) is 124 cm³/mol. The van der Waals surface area contributed by atoms with Gasteiger partial charge in [-0.05, 0) is 67.8 Å². The molecule has 2 heterocycles. The van der Waals surface area contributed by atoms with Gasteiger partial charge in [-0.1, -0.05) is 18.6 Å². The van der Waals surface area contributed by atoms with Crippen molar-refractivity contribution in [3.05, 3.63) is 59.6 Å². The van der Waals surface area contributed by atoms with Gasteiger partial charge in [-0.3, -0.25) is 0 Å². The van der Waals surface area contributed by atoms with E-state index in [1.54, 1.807) is 13.4 Å². The van der Waals surface area contributed by atoms with Gasteiger partial charge in [0.2, 0.25) is 0 Å². The summed E-state index contributed by atoms with van der Waals surface area (Å²) in [5.41, 5.74) is 1.36. The van der Waals surface area contributed by atoms with Crippen LogP contribution in [0.5, 0.6) is 5.75 Å². The Labute approximate surface area is 186 Å². The Kier molecular flexibility index (Phi) is 7.16. The van der Waals surface area contributed by atoms with Gasteiger partial charge < -0.3 is 24.1 Å². The van der Waals surface area contributed by atoms with Crippen LogP contribution in [-0.4, -0.2) is 67.4 Å². The summed E-state index contributed by atoms with van der Waals surface area (Å²) in [6.45, 7) is 5.28. The zero-order valence-electron chi connectivity index (χ0n) is 18.9. The zero-order chi connectivity index (χ0) is 21.7. The highest BCUT2D eigenvalue weighted by Crippen LogP contribution is 2.41. The third kappa shape index (κ3) is 5.40. The van der Waals surface area contributed by atoms with E-state index in [9.17, 15) is 5.11 Å². The molecule has 31 heavy (non-hydrogen) atoms. The van der Waals surface area contributed by atoms with Crippen molar-refractivity contribution in [1.29, 1.82) is 0 Å². The molecule has 5 nitrogen and oxygen atoms in total. The van der Waals surface area contributed by atoms with Crippen LogP contribution >= 0.6 is 0 Å². The lowest BCUT2D eigenvalue weighted by Gasteiger charge is -2.42. The van der Waals surface area contributed by atoms with Crippen molar-refractivity contribution in [2.75, 3.05) is 46.9 Å². The second-order valence-electron chi connectivity index (χ2n) is 9.18. The third-order valence-corrected chi connectivity index (χ3v) is 7.05. The van der Waals surface area contributed by atoms with E-state index >= 15 is 0 Å². The van der Waals surface area contributed by atoms with E-state index in [2.05, 4.69) is 35.1 Å². The minimum atomic E-state index is -0.888. The standard InChI is InChI=1S/C26H36N2O3/c1-27-13-15-28(16-14-27)20-23-7-4-3-6-22(18-25-8-5-17-31-25)26(23,29)19-21-9-11-24(30-2)12-10-21/h5,8-12,17-18,23,29H,3-4,6-7,13-16,19-20H2,1-2H3. The van der Waals surface area contributed by atoms with Crippen LogP contribution in [0.15, 0.2) is 52.7 Å². The summed E-state index contributed by atoms with van der Waals surface area (Å²) in [4.78, 5) is 4.93. The number of hydrogen-bond acceptors (Lipinski definition) is 5. The number of methoxy groups -OCH3 is 1. The molecule has 0 bridgehead atoms. The Balaban J connectivity index is 1.64. The topological polar surface area (TPSA) is 49.1 Å². The summed E-state index contributed by atoms with van der Waals surface area (Å²) in [5.74, 6) is 1.86. The lowest BCUT2D eigenvalue weighted by molar-refractivity contribution is -0.00649. The molecule has 2 unspecified atom stereocenters. The summed E-state index contributed by atoms with van der Waals surface area (Å²) in [7, 11) is 3.87. The summed E-state index contributed by atoms with van der Waals surface area (Å²) >= 11 is 0. The average Bonchev–Trinajstić information content (AvgIpc) is 3.25. The minimum Gasteiger partial charge on any atom is -0.497 e. The van der Waals surface area contributed by atoms with Gasteiger partial charge in [0.05, 0.1) is 19.0 Å². The number of furan rings is 1. The van der Waals surface area contributed by atoms with Crippen LogP contribution in [0, 0.1) is 5.92 Å². The van der Waals surface area contributed by atoms with Crippen LogP contribution in [0.1, 0.15) is 37.0 Å². The Morgan fingerprint density at radius 1 is 1.13 bits per heavy atom. The molecule has 1 aliphatic carbocycles. The molecule has 1 saturated carbocycles. The molecule has 1 N–H and O–H groups in total. The average molecular weight is 425 g/mol. The van der Waals surface area contributed by atoms with Gasteiger partial charge >= 0.3 is 0 Å². The predicted octanol–water partition coefficient (Wildman–Crippen LogP) is 4.08. The Hall–Kier alpha value is -2.08. The van der Waals surface area contributed by atoms with Gasteiger partial charge in [0.1, 0.15) is 11.5 Å². The fourth-order valence-electron chi connectivity index (χ4n) is 5.06. The van der Waals surface area contributed by atoms with Crippen LogP contribution in [0.25, 0.3) is 6.08 Å². The Morgan fingerprint density at radius 2 is 1.90 bits per heavy atom. The van der Waals surface area contributed by atoms with Crippen LogP contribution in [0.2, 0.25) is 0 Å². The first-order valence-electron chi connectivity index (χ1n) is 11.6. The van der Waals surface area contributed by atoms with Gasteiger partial charge in [-0.25, -0.2) is 0 Å². The van der Waals surface area contributed by atoms with E-state index in [1.807, 2.05) is 24.3 Å². The second kappa shape index (κ2) is 10.0. The Morgan fingerprint density at radius 3 is 2.58 bits per heavy atom. The number of piperazine rings is 1. The molecule has 1 aromatic carbocycles. The number of likely N-dealkylation sites (N-methyl/N-ethyl adjacent to an activating group) is 1. The third-order valence-electron chi connectivity index (χ3n) is 7.05. The van der Waals surface area contributed by atoms with Crippen LogP contribution in [0.4, 0.5) is 0 Å². The number of nitrogens with zero attached hydrogens (tertiary/aromatic N) is 2. The smallest absolute Gasteiger partial charge is 0.126 e. The lowest BCUT2D eigenvalue weighted by Crippen LogP contribution is -2.51. The largest absolute Gasteiger partial charge is 0.497 e. The van der Waals surface area contributed by atoms with Crippen LogP contribution < -0.4 is 4.74 Å². The molecule has 2 aromatic rings. The molecule has 0 amide bonds. The highest BCUT2D eigenvalue weighted by atomic mass is 16.5. The molecule has 168 valence electrons. The molecule has 4 rings (SSSR count). The normalized spacial score (nSPS) is 27.3. The second-order valence-corrected chi connectivity index (χ2v) is 9.18. The fraction of sp³-hybridized carbons (Fsp3) is 0.538. The molecule has 1 saturated heterocycles. The number of hydrogen-bond donors (Lipinski definition) is 1. The molecule has 2 aliphatic rings. The minimum absolute atomic E-state index is 0.196. The van der Waals surface area contributed by atoms with E-state index in [0.717, 1.165) is 81.1 Å². The number of rotatable bonds is 6. The summed E-state index contributed by atoms with van der Waals surface area (Å²) in [6, 6.07) is 12.0. The van der Waals surface area contributed by atoms with Gasteiger partial charge in [0, 0.05) is 45.1 Å². The quantitative estimate of drug-likeness (QED) is 0.708. The van der Waals surface area contributed by atoms with Crippen molar-refractivity contribution < 1.29 is 14.3 Å². The number of aliphatic hydroxyl groups is 1. The van der Waals surface area contributed by atoms with Crippen molar-refractivity contribution in [2.45, 2.75) is 37.7 Å². The Bertz CT molecular complexity index is 838. The van der Waals surface area contributed by atoms with Crippen molar-refractivity contribution in [3.8, 4) is 5.75 Å². The molecule has 5 heteroatoms. The number of benzene rings is 1. The molecule has 0 spiro atoms.